The Hall–Kier alpha value is -2.91. The van der Waals surface area contributed by atoms with Gasteiger partial charge in [0.2, 0.25) is 0 Å². The predicted molar refractivity (Wildman–Crippen MR) is 165 cm³/mol. The molecule has 0 aliphatic carbocycles. The molecule has 7 nitrogen and oxygen atoms in total. The zero-order valence-corrected chi connectivity index (χ0v) is 27.4. The predicted octanol–water partition coefficient (Wildman–Crippen LogP) is 8.97. The zero-order valence-electron chi connectivity index (χ0n) is 27.4. The van der Waals surface area contributed by atoms with Gasteiger partial charge in [0.15, 0.2) is 5.92 Å². The standard InChI is InChI=1S/C34H52F3NO6/c1-7-9-10-11-12-13-14-15-16-17-18-19-20-25(3)38(32(42)34(35,36)37)27-23-21-26(22-24-27)29(39)44-31(41)28(33(4,5)6)30(40)43-8-2/h21-25,28H,7-20H2,1-6H3. The van der Waals surface area contributed by atoms with E-state index in [1.165, 1.54) is 69.2 Å². The van der Waals surface area contributed by atoms with Crippen LogP contribution >= 0.6 is 0 Å². The molecule has 0 aliphatic heterocycles. The number of alkyl halides is 3. The molecule has 1 aromatic carbocycles. The normalized spacial score (nSPS) is 13.2. The van der Waals surface area contributed by atoms with Gasteiger partial charge in [0, 0.05) is 11.7 Å². The van der Waals surface area contributed by atoms with Crippen LogP contribution in [0.2, 0.25) is 0 Å². The molecule has 0 heterocycles. The Morgan fingerprint density at radius 1 is 0.750 bits per heavy atom. The number of rotatable bonds is 19. The number of nitrogens with zero attached hydrogens (tertiary/aromatic N) is 1. The lowest BCUT2D eigenvalue weighted by atomic mass is 9.81. The topological polar surface area (TPSA) is 90.0 Å². The molecule has 250 valence electrons. The Balaban J connectivity index is 2.78. The van der Waals surface area contributed by atoms with Gasteiger partial charge >= 0.3 is 30.0 Å². The molecule has 0 fully saturated rings. The summed E-state index contributed by atoms with van der Waals surface area (Å²) in [4.78, 5) is 50.8. The first kappa shape index (κ1) is 39.1. The quantitative estimate of drug-likeness (QED) is 0.0864. The summed E-state index contributed by atoms with van der Waals surface area (Å²) in [6, 6.07) is 4.08. The van der Waals surface area contributed by atoms with Crippen LogP contribution < -0.4 is 4.90 Å². The van der Waals surface area contributed by atoms with Gasteiger partial charge in [0.05, 0.1) is 12.2 Å². The van der Waals surface area contributed by atoms with Gasteiger partial charge in [-0.15, -0.1) is 0 Å². The van der Waals surface area contributed by atoms with E-state index in [4.69, 9.17) is 9.47 Å². The number of hydrogen-bond acceptors (Lipinski definition) is 6. The lowest BCUT2D eigenvalue weighted by Crippen LogP contribution is -2.46. The van der Waals surface area contributed by atoms with Crippen molar-refractivity contribution in [3.63, 3.8) is 0 Å². The summed E-state index contributed by atoms with van der Waals surface area (Å²) < 4.78 is 50.5. The molecule has 0 spiro atoms. The first-order valence-electron chi connectivity index (χ1n) is 16.1. The average Bonchev–Trinajstić information content (AvgIpc) is 2.93. The highest BCUT2D eigenvalue weighted by molar-refractivity contribution is 6.04. The van der Waals surface area contributed by atoms with Crippen LogP contribution in [0.1, 0.15) is 135 Å². The maximum absolute atomic E-state index is 13.5. The van der Waals surface area contributed by atoms with Crippen molar-refractivity contribution < 1.29 is 41.8 Å². The van der Waals surface area contributed by atoms with Gasteiger partial charge < -0.3 is 14.4 Å². The summed E-state index contributed by atoms with van der Waals surface area (Å²) in [5, 5.41) is 0. The SMILES string of the molecule is CCCCCCCCCCCCCCC(C)N(C(=O)C(F)(F)F)c1ccc(C(=O)OC(=O)C(C(=O)OCC)C(C)(C)C)cc1. The fraction of sp³-hybridized carbons (Fsp3) is 0.706. The van der Waals surface area contributed by atoms with E-state index in [0.717, 1.165) is 25.7 Å². The molecular weight excluding hydrogens is 575 g/mol. The minimum atomic E-state index is -5.08. The van der Waals surface area contributed by atoms with Gasteiger partial charge in [-0.25, -0.2) is 4.79 Å². The van der Waals surface area contributed by atoms with E-state index in [1.54, 1.807) is 34.6 Å². The van der Waals surface area contributed by atoms with E-state index in [-0.39, 0.29) is 17.9 Å². The molecular formula is C34H52F3NO6. The number of benzene rings is 1. The molecule has 1 aromatic rings. The molecule has 0 saturated heterocycles. The molecule has 44 heavy (non-hydrogen) atoms. The first-order valence-corrected chi connectivity index (χ1v) is 16.1. The average molecular weight is 628 g/mol. The van der Waals surface area contributed by atoms with Crippen molar-refractivity contribution in [1.29, 1.82) is 0 Å². The molecule has 1 amide bonds. The fourth-order valence-electron chi connectivity index (χ4n) is 5.11. The molecule has 10 heteroatoms. The highest BCUT2D eigenvalue weighted by Crippen LogP contribution is 2.30. The Morgan fingerprint density at radius 3 is 1.66 bits per heavy atom. The molecule has 0 aromatic heterocycles. The highest BCUT2D eigenvalue weighted by Gasteiger charge is 2.45. The number of anilines is 1. The second kappa shape index (κ2) is 19.5. The first-order chi connectivity index (χ1) is 20.6. The monoisotopic (exact) mass is 627 g/mol. The van der Waals surface area contributed by atoms with Crippen molar-refractivity contribution in [3.8, 4) is 0 Å². The van der Waals surface area contributed by atoms with Gasteiger partial charge in [-0.2, -0.15) is 13.2 Å². The van der Waals surface area contributed by atoms with Gasteiger partial charge in [0.25, 0.3) is 0 Å². The van der Waals surface area contributed by atoms with E-state index in [1.807, 2.05) is 0 Å². The Kier molecular flexibility index (Phi) is 17.3. The van der Waals surface area contributed by atoms with Crippen LogP contribution in [0.5, 0.6) is 0 Å². The molecule has 0 bridgehead atoms. The third-order valence-corrected chi connectivity index (χ3v) is 7.58. The summed E-state index contributed by atoms with van der Waals surface area (Å²) in [6.45, 7) is 10.3. The number of halogens is 3. The Labute approximate surface area is 261 Å². The van der Waals surface area contributed by atoms with E-state index >= 15 is 0 Å². The molecule has 2 unspecified atom stereocenters. The van der Waals surface area contributed by atoms with Crippen LogP contribution in [-0.2, 0) is 23.9 Å². The minimum absolute atomic E-state index is 0.0271. The number of esters is 3. The fourth-order valence-corrected chi connectivity index (χ4v) is 5.11. The number of carbonyl (C=O) groups excluding carboxylic acids is 4. The summed E-state index contributed by atoms with van der Waals surface area (Å²) >= 11 is 0. The summed E-state index contributed by atoms with van der Waals surface area (Å²) in [5.74, 6) is -6.33. The molecule has 1 rings (SSSR count). The lowest BCUT2D eigenvalue weighted by Gasteiger charge is -2.30. The van der Waals surface area contributed by atoms with Crippen LogP contribution in [-0.4, -0.2) is 42.6 Å². The number of hydrogen-bond donors (Lipinski definition) is 0. The second-order valence-electron chi connectivity index (χ2n) is 12.5. The Bertz CT molecular complexity index is 1030. The number of carbonyl (C=O) groups is 4. The molecule has 0 N–H and O–H groups in total. The van der Waals surface area contributed by atoms with Gasteiger partial charge in [0.1, 0.15) is 0 Å². The van der Waals surface area contributed by atoms with Crippen LogP contribution in [0, 0.1) is 11.3 Å². The van der Waals surface area contributed by atoms with Crippen LogP contribution in [0.25, 0.3) is 0 Å². The number of amides is 1. The summed E-state index contributed by atoms with van der Waals surface area (Å²) in [7, 11) is 0. The molecule has 0 radical (unpaired) electrons. The van der Waals surface area contributed by atoms with Crippen molar-refractivity contribution in [2.75, 3.05) is 11.5 Å². The third-order valence-electron chi connectivity index (χ3n) is 7.58. The van der Waals surface area contributed by atoms with E-state index in [9.17, 15) is 32.3 Å². The van der Waals surface area contributed by atoms with E-state index < -0.39 is 47.4 Å². The summed E-state index contributed by atoms with van der Waals surface area (Å²) in [5.41, 5.74) is -1.04. The molecule has 2 atom stereocenters. The van der Waals surface area contributed by atoms with Crippen molar-refractivity contribution in [3.05, 3.63) is 29.8 Å². The Morgan fingerprint density at radius 2 is 1.23 bits per heavy atom. The van der Waals surface area contributed by atoms with Crippen molar-refractivity contribution in [1.82, 2.24) is 0 Å². The van der Waals surface area contributed by atoms with Crippen molar-refractivity contribution in [2.24, 2.45) is 11.3 Å². The maximum atomic E-state index is 13.5. The summed E-state index contributed by atoms with van der Waals surface area (Å²) in [6.07, 6.45) is 8.95. The smallest absolute Gasteiger partial charge is 0.465 e. The van der Waals surface area contributed by atoms with Gasteiger partial charge in [-0.1, -0.05) is 105 Å². The van der Waals surface area contributed by atoms with E-state index in [0.29, 0.717) is 17.7 Å². The van der Waals surface area contributed by atoms with Crippen molar-refractivity contribution >= 4 is 29.5 Å². The van der Waals surface area contributed by atoms with Crippen LogP contribution in [0.15, 0.2) is 24.3 Å². The number of unbranched alkanes of at least 4 members (excludes halogenated alkanes) is 11. The minimum Gasteiger partial charge on any atom is -0.465 e. The molecule has 0 aliphatic rings. The van der Waals surface area contributed by atoms with Crippen molar-refractivity contribution in [2.45, 2.75) is 137 Å². The zero-order chi connectivity index (χ0) is 33.3. The highest BCUT2D eigenvalue weighted by atomic mass is 19.4. The van der Waals surface area contributed by atoms with Gasteiger partial charge in [-0.05, 0) is 49.9 Å². The molecule has 0 saturated carbocycles. The van der Waals surface area contributed by atoms with Gasteiger partial charge in [-0.3, -0.25) is 14.4 Å². The number of ether oxygens (including phenoxy) is 2. The second-order valence-corrected chi connectivity index (χ2v) is 12.5. The largest absolute Gasteiger partial charge is 0.471 e. The van der Waals surface area contributed by atoms with Crippen LogP contribution in [0.4, 0.5) is 18.9 Å². The maximum Gasteiger partial charge on any atom is 0.471 e. The van der Waals surface area contributed by atoms with Crippen LogP contribution in [0.3, 0.4) is 0 Å². The third kappa shape index (κ3) is 13.8. The lowest BCUT2D eigenvalue weighted by molar-refractivity contribution is -0.171. The van der Waals surface area contributed by atoms with E-state index in [2.05, 4.69) is 6.92 Å².